The van der Waals surface area contributed by atoms with Gasteiger partial charge in [0, 0.05) is 18.8 Å². The van der Waals surface area contributed by atoms with E-state index in [4.69, 9.17) is 0 Å². The van der Waals surface area contributed by atoms with Gasteiger partial charge in [0.05, 0.1) is 13.1 Å². The first-order valence-corrected chi connectivity index (χ1v) is 9.55. The Balaban J connectivity index is 0.00000420. The van der Waals surface area contributed by atoms with Gasteiger partial charge >= 0.3 is 6.18 Å². The Bertz CT molecular complexity index is 771. The quantitative estimate of drug-likeness (QED) is 0.269. The highest BCUT2D eigenvalue weighted by Gasteiger charge is 2.28. The number of thiophene rings is 1. The van der Waals surface area contributed by atoms with Crippen LogP contribution in [0.15, 0.2) is 40.1 Å². The van der Waals surface area contributed by atoms with E-state index in [9.17, 15) is 18.3 Å². The Hall–Kier alpha value is -1.60. The molecule has 0 radical (unpaired) electrons. The maximum absolute atomic E-state index is 12.3. The SMILES string of the molecule is CCNC(=NCc1ccnc(OCC(F)(F)F)c1)NCC(C)(O)c1ccsc1.I. The summed E-state index contributed by atoms with van der Waals surface area (Å²) in [4.78, 5) is 8.17. The Labute approximate surface area is 188 Å². The number of aromatic nitrogens is 1. The molecule has 0 fully saturated rings. The molecule has 6 nitrogen and oxygen atoms in total. The highest BCUT2D eigenvalue weighted by molar-refractivity contribution is 14.0. The number of aliphatic hydroxyl groups is 1. The Morgan fingerprint density at radius 1 is 1.31 bits per heavy atom. The van der Waals surface area contributed by atoms with Gasteiger partial charge in [-0.05, 0) is 47.9 Å². The van der Waals surface area contributed by atoms with Crippen molar-refractivity contribution in [3.8, 4) is 5.88 Å². The van der Waals surface area contributed by atoms with Gasteiger partial charge in [-0.15, -0.1) is 24.0 Å². The average molecular weight is 544 g/mol. The zero-order valence-corrected chi connectivity index (χ0v) is 19.1. The van der Waals surface area contributed by atoms with E-state index in [0.717, 1.165) is 5.56 Å². The second kappa shape index (κ2) is 11.6. The van der Waals surface area contributed by atoms with Crippen LogP contribution in [-0.4, -0.2) is 41.9 Å². The third-order valence-corrected chi connectivity index (χ3v) is 4.37. The molecule has 1 atom stereocenters. The van der Waals surface area contributed by atoms with Crippen molar-refractivity contribution in [2.45, 2.75) is 32.2 Å². The van der Waals surface area contributed by atoms with Gasteiger partial charge in [-0.2, -0.15) is 24.5 Å². The molecule has 0 aliphatic heterocycles. The van der Waals surface area contributed by atoms with Gasteiger partial charge in [0.25, 0.3) is 0 Å². The maximum atomic E-state index is 12.3. The number of nitrogens with zero attached hydrogens (tertiary/aromatic N) is 2. The summed E-state index contributed by atoms with van der Waals surface area (Å²) >= 11 is 1.50. The van der Waals surface area contributed by atoms with Crippen LogP contribution in [0.5, 0.6) is 5.88 Å². The smallest absolute Gasteiger partial charge is 0.422 e. The molecule has 0 saturated heterocycles. The molecule has 0 aromatic carbocycles. The van der Waals surface area contributed by atoms with Crippen LogP contribution in [-0.2, 0) is 12.1 Å². The Kier molecular flexibility index (Phi) is 10.1. The molecule has 2 aromatic rings. The number of pyridine rings is 1. The van der Waals surface area contributed by atoms with E-state index in [1.807, 2.05) is 23.8 Å². The summed E-state index contributed by atoms with van der Waals surface area (Å²) in [5, 5.41) is 20.5. The number of hydrogen-bond donors (Lipinski definition) is 3. The number of alkyl halides is 3. The molecule has 3 N–H and O–H groups in total. The zero-order valence-electron chi connectivity index (χ0n) is 16.0. The second-order valence-corrected chi connectivity index (χ2v) is 7.02. The van der Waals surface area contributed by atoms with Crippen LogP contribution in [0.25, 0.3) is 0 Å². The van der Waals surface area contributed by atoms with Crippen molar-refractivity contribution in [3.63, 3.8) is 0 Å². The van der Waals surface area contributed by atoms with Gasteiger partial charge < -0.3 is 20.5 Å². The predicted octanol–water partition coefficient (Wildman–Crippen LogP) is 3.67. The van der Waals surface area contributed by atoms with Gasteiger partial charge in [-0.1, -0.05) is 0 Å². The molecule has 2 rings (SSSR count). The van der Waals surface area contributed by atoms with Crippen molar-refractivity contribution in [1.29, 1.82) is 0 Å². The lowest BCUT2D eigenvalue weighted by Crippen LogP contribution is -2.44. The molecule has 0 saturated carbocycles. The Morgan fingerprint density at radius 2 is 2.07 bits per heavy atom. The number of rotatable bonds is 8. The van der Waals surface area contributed by atoms with Crippen LogP contribution in [0.1, 0.15) is 25.0 Å². The molecular weight excluding hydrogens is 520 g/mol. The lowest BCUT2D eigenvalue weighted by Gasteiger charge is -2.24. The first-order chi connectivity index (χ1) is 13.2. The summed E-state index contributed by atoms with van der Waals surface area (Å²) < 4.78 is 41.4. The summed E-state index contributed by atoms with van der Waals surface area (Å²) in [6.07, 6.45) is -3.05. The van der Waals surface area contributed by atoms with Gasteiger partial charge in [0.15, 0.2) is 12.6 Å². The molecule has 2 heterocycles. The van der Waals surface area contributed by atoms with Crippen molar-refractivity contribution in [2.75, 3.05) is 19.7 Å². The minimum atomic E-state index is -4.42. The topological polar surface area (TPSA) is 78.8 Å². The lowest BCUT2D eigenvalue weighted by molar-refractivity contribution is -0.154. The molecule has 1 unspecified atom stereocenters. The first kappa shape index (κ1) is 25.4. The largest absolute Gasteiger partial charge is 0.468 e. The highest BCUT2D eigenvalue weighted by Crippen LogP contribution is 2.22. The van der Waals surface area contributed by atoms with Crippen LogP contribution in [0, 0.1) is 0 Å². The van der Waals surface area contributed by atoms with E-state index in [2.05, 4.69) is 25.3 Å². The number of guanidine groups is 1. The third-order valence-electron chi connectivity index (χ3n) is 3.69. The van der Waals surface area contributed by atoms with Gasteiger partial charge in [0.1, 0.15) is 5.60 Å². The molecule has 0 spiro atoms. The van der Waals surface area contributed by atoms with Crippen LogP contribution >= 0.6 is 35.3 Å². The maximum Gasteiger partial charge on any atom is 0.422 e. The van der Waals surface area contributed by atoms with Crippen LogP contribution < -0.4 is 15.4 Å². The van der Waals surface area contributed by atoms with Crippen molar-refractivity contribution in [3.05, 3.63) is 46.3 Å². The molecule has 0 amide bonds. The fourth-order valence-corrected chi connectivity index (χ4v) is 3.01. The fraction of sp³-hybridized carbons (Fsp3) is 0.444. The van der Waals surface area contributed by atoms with E-state index in [-0.39, 0.29) is 42.9 Å². The highest BCUT2D eigenvalue weighted by atomic mass is 127. The molecule has 29 heavy (non-hydrogen) atoms. The predicted molar refractivity (Wildman–Crippen MR) is 118 cm³/mol. The monoisotopic (exact) mass is 544 g/mol. The zero-order chi connectivity index (χ0) is 20.6. The van der Waals surface area contributed by atoms with E-state index >= 15 is 0 Å². The van der Waals surface area contributed by atoms with Crippen molar-refractivity contribution in [2.24, 2.45) is 4.99 Å². The molecular formula is C18H24F3IN4O2S. The molecule has 0 bridgehead atoms. The van der Waals surface area contributed by atoms with E-state index in [1.54, 1.807) is 13.0 Å². The summed E-state index contributed by atoms with van der Waals surface area (Å²) in [7, 11) is 0. The number of nitrogens with one attached hydrogen (secondary N) is 2. The molecule has 11 heteroatoms. The van der Waals surface area contributed by atoms with E-state index in [1.165, 1.54) is 23.6 Å². The van der Waals surface area contributed by atoms with Crippen molar-refractivity contribution in [1.82, 2.24) is 15.6 Å². The standard InChI is InChI=1S/C18H23F3N4O2S.HI/c1-3-22-16(25-11-17(2,26)14-5-7-28-10-14)24-9-13-4-6-23-15(8-13)27-12-18(19,20)21;/h4-8,10,26H,3,9,11-12H2,1-2H3,(H2,22,24,25);1H. The Morgan fingerprint density at radius 3 is 2.69 bits per heavy atom. The number of hydrogen-bond acceptors (Lipinski definition) is 5. The third kappa shape index (κ3) is 9.17. The summed E-state index contributed by atoms with van der Waals surface area (Å²) in [5.74, 6) is 0.371. The van der Waals surface area contributed by atoms with Crippen LogP contribution in [0.2, 0.25) is 0 Å². The van der Waals surface area contributed by atoms with E-state index in [0.29, 0.717) is 18.1 Å². The summed E-state index contributed by atoms with van der Waals surface area (Å²) in [6, 6.07) is 4.92. The molecule has 0 aliphatic carbocycles. The van der Waals surface area contributed by atoms with E-state index < -0.39 is 18.4 Å². The molecule has 0 aliphatic rings. The average Bonchev–Trinajstić information content (AvgIpc) is 3.18. The normalized spacial score (nSPS) is 13.9. The number of aliphatic imine (C=N–C) groups is 1. The summed E-state index contributed by atoms with van der Waals surface area (Å²) in [5.41, 5.74) is 0.390. The fourth-order valence-electron chi connectivity index (χ4n) is 2.22. The number of ether oxygens (including phenoxy) is 1. The van der Waals surface area contributed by atoms with Crippen molar-refractivity contribution >= 4 is 41.3 Å². The first-order valence-electron chi connectivity index (χ1n) is 8.61. The van der Waals surface area contributed by atoms with Gasteiger partial charge in [0.2, 0.25) is 5.88 Å². The lowest BCUT2D eigenvalue weighted by atomic mass is 9.99. The molecule has 162 valence electrons. The molecule has 2 aromatic heterocycles. The second-order valence-electron chi connectivity index (χ2n) is 6.24. The van der Waals surface area contributed by atoms with Crippen LogP contribution in [0.3, 0.4) is 0 Å². The van der Waals surface area contributed by atoms with Crippen LogP contribution in [0.4, 0.5) is 13.2 Å². The van der Waals surface area contributed by atoms with Crippen molar-refractivity contribution < 1.29 is 23.0 Å². The summed E-state index contributed by atoms with van der Waals surface area (Å²) in [6.45, 7) is 3.28. The van der Waals surface area contributed by atoms with Gasteiger partial charge in [-0.25, -0.2) is 9.98 Å². The van der Waals surface area contributed by atoms with Gasteiger partial charge in [-0.3, -0.25) is 0 Å². The minimum Gasteiger partial charge on any atom is -0.468 e. The number of halogens is 4. The minimum absolute atomic E-state index is 0.